The van der Waals surface area contributed by atoms with E-state index < -0.39 is 0 Å². The minimum atomic E-state index is -0.360. The van der Waals surface area contributed by atoms with Crippen molar-refractivity contribution in [3.05, 3.63) is 44.5 Å². The molecule has 4 rings (SSSR count). The highest BCUT2D eigenvalue weighted by Gasteiger charge is 2.24. The highest BCUT2D eigenvalue weighted by atomic mass is 16.6. The molecule has 0 spiro atoms. The average Bonchev–Trinajstić information content (AvgIpc) is 2.71. The van der Waals surface area contributed by atoms with Crippen LogP contribution in [0.5, 0.6) is 0 Å². The first-order chi connectivity index (χ1) is 13.1. The first kappa shape index (κ1) is 18.1. The fraction of sp³-hybridized carbons (Fsp3) is 0.619. The first-order valence-electron chi connectivity index (χ1n) is 10.3. The van der Waals surface area contributed by atoms with Crippen molar-refractivity contribution in [3.63, 3.8) is 0 Å². The van der Waals surface area contributed by atoms with E-state index in [1.165, 1.54) is 31.7 Å². The summed E-state index contributed by atoms with van der Waals surface area (Å²) in [7, 11) is 0. The molecule has 27 heavy (non-hydrogen) atoms. The standard InChI is InChI=1S/C21H27N3O3/c25-21-22-20(16-9-5-2-6-10-16)18-13-17(24(26)27)11-12-19(18)23(21)14-15-7-3-1-4-8-15/h11-13,15-16H,1-10,14H2. The lowest BCUT2D eigenvalue weighted by Crippen LogP contribution is -2.29. The molecule has 0 bridgehead atoms. The predicted molar refractivity (Wildman–Crippen MR) is 105 cm³/mol. The van der Waals surface area contributed by atoms with Gasteiger partial charge in [0.15, 0.2) is 0 Å². The zero-order valence-corrected chi connectivity index (χ0v) is 15.7. The van der Waals surface area contributed by atoms with E-state index in [1.807, 2.05) is 0 Å². The molecule has 1 aromatic heterocycles. The van der Waals surface area contributed by atoms with Gasteiger partial charge in [-0.05, 0) is 37.7 Å². The van der Waals surface area contributed by atoms with Crippen molar-refractivity contribution in [2.75, 3.05) is 0 Å². The largest absolute Gasteiger partial charge is 0.348 e. The molecule has 0 radical (unpaired) electrons. The molecule has 2 saturated carbocycles. The predicted octanol–water partition coefficient (Wildman–Crippen LogP) is 4.93. The van der Waals surface area contributed by atoms with Gasteiger partial charge in [0, 0.05) is 30.0 Å². The van der Waals surface area contributed by atoms with E-state index in [2.05, 4.69) is 4.98 Å². The molecule has 0 aliphatic heterocycles. The van der Waals surface area contributed by atoms with Crippen molar-refractivity contribution in [3.8, 4) is 0 Å². The summed E-state index contributed by atoms with van der Waals surface area (Å²) in [5.74, 6) is 0.734. The van der Waals surface area contributed by atoms with E-state index in [1.54, 1.807) is 16.7 Å². The number of non-ortho nitro benzene ring substituents is 1. The molecule has 1 aromatic carbocycles. The van der Waals surface area contributed by atoms with Gasteiger partial charge in [0.2, 0.25) is 0 Å². The lowest BCUT2D eigenvalue weighted by molar-refractivity contribution is -0.384. The second kappa shape index (κ2) is 7.79. The molecule has 0 amide bonds. The molecule has 144 valence electrons. The summed E-state index contributed by atoms with van der Waals surface area (Å²) >= 11 is 0. The van der Waals surface area contributed by atoms with Crippen molar-refractivity contribution in [1.82, 2.24) is 9.55 Å². The summed E-state index contributed by atoms with van der Waals surface area (Å²) in [4.78, 5) is 28.3. The van der Waals surface area contributed by atoms with Crippen LogP contribution in [0, 0.1) is 16.0 Å². The minimum Gasteiger partial charge on any atom is -0.292 e. The molecule has 0 unspecified atom stereocenters. The molecule has 1 heterocycles. The Morgan fingerprint density at radius 3 is 2.37 bits per heavy atom. The van der Waals surface area contributed by atoms with Crippen molar-refractivity contribution in [2.45, 2.75) is 76.7 Å². The van der Waals surface area contributed by atoms with Crippen LogP contribution in [0.2, 0.25) is 0 Å². The minimum absolute atomic E-state index is 0.0734. The quantitative estimate of drug-likeness (QED) is 0.565. The Kier molecular flexibility index (Phi) is 5.23. The Bertz CT molecular complexity index is 893. The number of rotatable bonds is 4. The van der Waals surface area contributed by atoms with E-state index in [-0.39, 0.29) is 22.2 Å². The van der Waals surface area contributed by atoms with Crippen LogP contribution >= 0.6 is 0 Å². The number of nitro groups is 1. The normalized spacial score (nSPS) is 19.4. The van der Waals surface area contributed by atoms with Gasteiger partial charge in [-0.2, -0.15) is 4.98 Å². The number of hydrogen-bond acceptors (Lipinski definition) is 4. The highest BCUT2D eigenvalue weighted by Crippen LogP contribution is 2.36. The van der Waals surface area contributed by atoms with Crippen LogP contribution in [0.1, 0.15) is 75.8 Å². The Hall–Kier alpha value is -2.24. The Morgan fingerprint density at radius 1 is 1.04 bits per heavy atom. The van der Waals surface area contributed by atoms with E-state index >= 15 is 0 Å². The molecule has 6 nitrogen and oxygen atoms in total. The van der Waals surface area contributed by atoms with Crippen LogP contribution in [0.25, 0.3) is 10.9 Å². The van der Waals surface area contributed by atoms with Crippen molar-refractivity contribution < 1.29 is 4.92 Å². The van der Waals surface area contributed by atoms with Crippen LogP contribution in [0.3, 0.4) is 0 Å². The fourth-order valence-electron chi connectivity index (χ4n) is 4.90. The maximum Gasteiger partial charge on any atom is 0.348 e. The van der Waals surface area contributed by atoms with Gasteiger partial charge in [-0.25, -0.2) is 4.79 Å². The van der Waals surface area contributed by atoms with E-state index in [4.69, 9.17) is 0 Å². The summed E-state index contributed by atoms with van der Waals surface area (Å²) in [5, 5.41) is 12.1. The Morgan fingerprint density at radius 2 is 1.70 bits per heavy atom. The van der Waals surface area contributed by atoms with Gasteiger partial charge < -0.3 is 0 Å². The SMILES string of the molecule is O=c1nc(C2CCCCC2)c2cc([N+](=O)[O-])ccc2n1CC1CCCCC1. The summed E-state index contributed by atoms with van der Waals surface area (Å²) in [6.07, 6.45) is 11.5. The third-order valence-electron chi connectivity index (χ3n) is 6.36. The van der Waals surface area contributed by atoms with Gasteiger partial charge in [0.25, 0.3) is 5.69 Å². The summed E-state index contributed by atoms with van der Waals surface area (Å²) < 4.78 is 1.77. The Labute approximate surface area is 158 Å². The van der Waals surface area contributed by atoms with Crippen molar-refractivity contribution in [1.29, 1.82) is 0 Å². The van der Waals surface area contributed by atoms with Crippen LogP contribution in [0.4, 0.5) is 5.69 Å². The second-order valence-electron chi connectivity index (χ2n) is 8.19. The van der Waals surface area contributed by atoms with Gasteiger partial charge in [-0.1, -0.05) is 38.5 Å². The van der Waals surface area contributed by atoms with Crippen LogP contribution in [-0.4, -0.2) is 14.5 Å². The molecule has 2 aromatic rings. The fourth-order valence-corrected chi connectivity index (χ4v) is 4.90. The molecule has 0 saturated heterocycles. The van der Waals surface area contributed by atoms with E-state index in [0.29, 0.717) is 12.5 Å². The first-order valence-corrected chi connectivity index (χ1v) is 10.3. The van der Waals surface area contributed by atoms with E-state index in [9.17, 15) is 14.9 Å². The van der Waals surface area contributed by atoms with Gasteiger partial charge in [-0.15, -0.1) is 0 Å². The number of nitro benzene ring substituents is 1. The van der Waals surface area contributed by atoms with Crippen molar-refractivity contribution >= 4 is 16.6 Å². The molecule has 2 aliphatic rings. The number of benzene rings is 1. The van der Waals surface area contributed by atoms with Crippen LogP contribution in [0.15, 0.2) is 23.0 Å². The lowest BCUT2D eigenvalue weighted by Gasteiger charge is -2.25. The Balaban J connectivity index is 1.82. The molecule has 2 fully saturated rings. The second-order valence-corrected chi connectivity index (χ2v) is 8.19. The zero-order valence-electron chi connectivity index (χ0n) is 15.7. The molecule has 0 atom stereocenters. The third-order valence-corrected chi connectivity index (χ3v) is 6.36. The maximum atomic E-state index is 12.9. The summed E-state index contributed by atoms with van der Waals surface area (Å²) in [5.41, 5.74) is 1.47. The lowest BCUT2D eigenvalue weighted by atomic mass is 9.85. The molecule has 2 aliphatic carbocycles. The monoisotopic (exact) mass is 369 g/mol. The van der Waals surface area contributed by atoms with Gasteiger partial charge in [0.05, 0.1) is 16.1 Å². The molecule has 6 heteroatoms. The van der Waals surface area contributed by atoms with Crippen LogP contribution < -0.4 is 5.69 Å². The molecule has 0 N–H and O–H groups in total. The number of nitrogens with zero attached hydrogens (tertiary/aromatic N) is 3. The van der Waals surface area contributed by atoms with Gasteiger partial charge >= 0.3 is 5.69 Å². The van der Waals surface area contributed by atoms with Gasteiger partial charge in [0.1, 0.15) is 0 Å². The number of aromatic nitrogens is 2. The maximum absolute atomic E-state index is 12.9. The smallest absolute Gasteiger partial charge is 0.292 e. The van der Waals surface area contributed by atoms with E-state index in [0.717, 1.165) is 55.1 Å². The zero-order chi connectivity index (χ0) is 18.8. The number of fused-ring (bicyclic) bond motifs is 1. The highest BCUT2D eigenvalue weighted by molar-refractivity contribution is 5.84. The summed E-state index contributed by atoms with van der Waals surface area (Å²) in [6, 6.07) is 4.90. The number of hydrogen-bond donors (Lipinski definition) is 0. The van der Waals surface area contributed by atoms with Gasteiger partial charge in [-0.3, -0.25) is 14.7 Å². The molecular formula is C21H27N3O3. The van der Waals surface area contributed by atoms with Crippen LogP contribution in [-0.2, 0) is 6.54 Å². The topological polar surface area (TPSA) is 78.0 Å². The molecular weight excluding hydrogens is 342 g/mol. The average molecular weight is 369 g/mol. The van der Waals surface area contributed by atoms with Crippen molar-refractivity contribution in [2.24, 2.45) is 5.92 Å². The summed E-state index contributed by atoms with van der Waals surface area (Å²) in [6.45, 7) is 0.672. The third kappa shape index (κ3) is 3.75.